The summed E-state index contributed by atoms with van der Waals surface area (Å²) in [7, 11) is 5.99. The zero-order chi connectivity index (χ0) is 37.6. The molecule has 2 aliphatic rings. The highest BCUT2D eigenvalue weighted by molar-refractivity contribution is 5.96. The van der Waals surface area contributed by atoms with Crippen LogP contribution < -0.4 is 15.4 Å². The molecule has 1 fully saturated rings. The Balaban J connectivity index is 0.000000231. The molecule has 2 heterocycles. The minimum atomic E-state index is -0.280. The summed E-state index contributed by atoms with van der Waals surface area (Å²) in [6.07, 6.45) is 9.72. The summed E-state index contributed by atoms with van der Waals surface area (Å²) < 4.78 is 5.93. The van der Waals surface area contributed by atoms with Crippen molar-refractivity contribution in [3.05, 3.63) is 114 Å². The van der Waals surface area contributed by atoms with E-state index < -0.39 is 0 Å². The van der Waals surface area contributed by atoms with E-state index in [2.05, 4.69) is 98.9 Å². The minimum Gasteiger partial charge on any atom is -0.493 e. The molecule has 6 rings (SSSR count). The van der Waals surface area contributed by atoms with E-state index in [-0.39, 0.29) is 23.8 Å². The number of nitrogens with zero attached hydrogens (tertiary/aromatic N) is 3. The van der Waals surface area contributed by atoms with Crippen LogP contribution in [0.25, 0.3) is 10.9 Å². The number of carbonyl (C=O) groups is 2. The van der Waals surface area contributed by atoms with Crippen LogP contribution in [0.4, 0.5) is 4.79 Å². The lowest BCUT2D eigenvalue weighted by molar-refractivity contribution is -0.135. The molecule has 0 unspecified atom stereocenters. The van der Waals surface area contributed by atoms with Crippen molar-refractivity contribution in [3.63, 3.8) is 0 Å². The zero-order valence-electron chi connectivity index (χ0n) is 32.3. The molecule has 3 aromatic carbocycles. The Labute approximate surface area is 316 Å². The predicted molar refractivity (Wildman–Crippen MR) is 217 cm³/mol. The maximum Gasteiger partial charge on any atom is 0.324 e. The van der Waals surface area contributed by atoms with E-state index in [1.165, 1.54) is 32.5 Å². The first kappa shape index (κ1) is 39.8. The van der Waals surface area contributed by atoms with Crippen LogP contribution in [0.15, 0.2) is 91.6 Å². The number of nitrogens with one attached hydrogen (secondary N) is 3. The molecule has 3 N–H and O–H groups in total. The first-order valence-corrected chi connectivity index (χ1v) is 19.4. The largest absolute Gasteiger partial charge is 0.493 e. The van der Waals surface area contributed by atoms with E-state index in [1.807, 2.05) is 46.3 Å². The summed E-state index contributed by atoms with van der Waals surface area (Å²) in [5.41, 5.74) is 6.42. The Morgan fingerprint density at radius 3 is 2.55 bits per heavy atom. The van der Waals surface area contributed by atoms with Gasteiger partial charge in [-0.2, -0.15) is 0 Å². The fourth-order valence-corrected chi connectivity index (χ4v) is 7.87. The van der Waals surface area contributed by atoms with Gasteiger partial charge in [-0.15, -0.1) is 6.58 Å². The number of amides is 3. The van der Waals surface area contributed by atoms with Crippen LogP contribution in [0.3, 0.4) is 0 Å². The van der Waals surface area contributed by atoms with Gasteiger partial charge in [0.2, 0.25) is 5.91 Å². The van der Waals surface area contributed by atoms with Crippen molar-refractivity contribution < 1.29 is 14.3 Å². The summed E-state index contributed by atoms with van der Waals surface area (Å²) in [5.74, 6) is 1.00. The van der Waals surface area contributed by atoms with Gasteiger partial charge in [-0.3, -0.25) is 14.6 Å². The summed E-state index contributed by atoms with van der Waals surface area (Å²) in [6, 6.07) is 25.4. The number of ether oxygens (including phenoxy) is 1. The molecule has 1 aliphatic carbocycles. The number of piperidine rings is 1. The van der Waals surface area contributed by atoms with Crippen molar-refractivity contribution in [2.75, 3.05) is 67.0 Å². The van der Waals surface area contributed by atoms with Gasteiger partial charge >= 0.3 is 6.03 Å². The van der Waals surface area contributed by atoms with Gasteiger partial charge in [0.25, 0.3) is 0 Å². The zero-order valence-corrected chi connectivity index (χ0v) is 32.3. The van der Waals surface area contributed by atoms with Crippen LogP contribution in [-0.4, -0.2) is 105 Å². The predicted octanol–water partition coefficient (Wildman–Crippen LogP) is 6.85. The Kier molecular flexibility index (Phi) is 15.1. The van der Waals surface area contributed by atoms with E-state index >= 15 is 0 Å². The Morgan fingerprint density at radius 2 is 1.79 bits per heavy atom. The number of para-hydroxylation sites is 1. The molecule has 3 amide bonds. The van der Waals surface area contributed by atoms with Crippen molar-refractivity contribution in [2.45, 2.75) is 57.4 Å². The number of H-pyrrole nitrogens is 1. The van der Waals surface area contributed by atoms with E-state index in [4.69, 9.17) is 4.74 Å². The first-order chi connectivity index (χ1) is 25.8. The number of likely N-dealkylation sites (tertiary alicyclic amines) is 1. The highest BCUT2D eigenvalue weighted by atomic mass is 16.5. The normalized spacial score (nSPS) is 17.8. The lowest BCUT2D eigenvalue weighted by Crippen LogP contribution is -2.55. The molecule has 1 aliphatic heterocycles. The van der Waals surface area contributed by atoms with Gasteiger partial charge in [0.1, 0.15) is 5.75 Å². The molecule has 0 bridgehead atoms. The number of unbranched alkanes of at least 4 members (excludes halogenated alkanes) is 1. The molecular formula is C44H60N6O3. The molecule has 1 saturated heterocycles. The van der Waals surface area contributed by atoms with Crippen molar-refractivity contribution in [1.82, 2.24) is 30.3 Å². The summed E-state index contributed by atoms with van der Waals surface area (Å²) in [4.78, 5) is 35.9. The number of carbonyl (C=O) groups excluding carboxylic acids is 2. The number of fused-ring (bicyclic) bond motifs is 2. The highest BCUT2D eigenvalue weighted by Gasteiger charge is 2.44. The number of rotatable bonds is 16. The second kappa shape index (κ2) is 20.1. The van der Waals surface area contributed by atoms with Crippen LogP contribution in [0.5, 0.6) is 5.75 Å². The van der Waals surface area contributed by atoms with Gasteiger partial charge < -0.3 is 25.3 Å². The Morgan fingerprint density at radius 1 is 1.00 bits per heavy atom. The van der Waals surface area contributed by atoms with E-state index in [0.717, 1.165) is 76.0 Å². The number of hydrogen-bond donors (Lipinski definition) is 3. The topological polar surface area (TPSA) is 92.9 Å². The van der Waals surface area contributed by atoms with Crippen molar-refractivity contribution in [3.8, 4) is 5.75 Å². The van der Waals surface area contributed by atoms with Crippen LogP contribution in [0, 0.1) is 5.92 Å². The van der Waals surface area contributed by atoms with Gasteiger partial charge in [-0.05, 0) is 108 Å². The van der Waals surface area contributed by atoms with E-state index in [9.17, 15) is 9.59 Å². The molecule has 1 aromatic heterocycles. The first-order valence-electron chi connectivity index (χ1n) is 19.4. The quantitative estimate of drug-likeness (QED) is 0.0867. The SMILES string of the molecule is C=CCN1C[C@H](C(=O)N(CCCN(C)C)C(=O)NCC)C[C@@H]2c3cccc4[nH]cc(c34)C[C@H]21.CNCCCCOc1ccccc1Cc1ccccc1. The van der Waals surface area contributed by atoms with Crippen LogP contribution in [0.1, 0.15) is 60.8 Å². The maximum absolute atomic E-state index is 13.7. The van der Waals surface area contributed by atoms with Crippen LogP contribution >= 0.6 is 0 Å². The van der Waals surface area contributed by atoms with Gasteiger partial charge in [-0.25, -0.2) is 4.79 Å². The summed E-state index contributed by atoms with van der Waals surface area (Å²) in [5, 5.41) is 7.31. The number of aromatic amines is 1. The molecule has 0 spiro atoms. The van der Waals surface area contributed by atoms with Gasteiger partial charge in [-0.1, -0.05) is 66.7 Å². The molecule has 53 heavy (non-hydrogen) atoms. The number of imide groups is 1. The van der Waals surface area contributed by atoms with E-state index in [1.54, 1.807) is 0 Å². The fraction of sp³-hybridized carbons (Fsp3) is 0.455. The van der Waals surface area contributed by atoms with Gasteiger partial charge in [0.05, 0.1) is 12.5 Å². The molecule has 9 heteroatoms. The monoisotopic (exact) mass is 720 g/mol. The number of urea groups is 1. The number of benzene rings is 3. The third-order valence-corrected chi connectivity index (χ3v) is 10.4. The molecular weight excluding hydrogens is 661 g/mol. The lowest BCUT2D eigenvalue weighted by Gasteiger charge is -2.47. The molecule has 284 valence electrons. The summed E-state index contributed by atoms with van der Waals surface area (Å²) >= 11 is 0. The molecule has 4 aromatic rings. The van der Waals surface area contributed by atoms with Crippen molar-refractivity contribution in [2.24, 2.45) is 5.92 Å². The lowest BCUT2D eigenvalue weighted by atomic mass is 9.72. The average Bonchev–Trinajstić information content (AvgIpc) is 3.58. The smallest absolute Gasteiger partial charge is 0.324 e. The number of aromatic nitrogens is 1. The third kappa shape index (κ3) is 10.6. The van der Waals surface area contributed by atoms with Gasteiger partial charge in [0, 0.05) is 61.7 Å². The molecule has 0 radical (unpaired) electrons. The van der Waals surface area contributed by atoms with Crippen molar-refractivity contribution in [1.29, 1.82) is 0 Å². The standard InChI is InChI=1S/C26H37N5O2.C18H23NO/c1-5-11-30-17-19(25(32)31(26(33)27-6-2)13-8-12-29(3)4)14-21-20-9-7-10-22-24(20)18(16-28-22)15-23(21)30;1-19-13-7-8-14-20-18-12-6-5-11-17(18)15-16-9-3-2-4-10-16/h5,7,9-10,16,19,21,23,28H,1,6,8,11-15,17H2,2-4H3,(H,27,33);2-6,9-12,19H,7-8,13-15H2,1H3/t19-,21-,23-;/m1./s1. The average molecular weight is 721 g/mol. The maximum atomic E-state index is 13.7. The second-order valence-electron chi connectivity index (χ2n) is 14.5. The second-order valence-corrected chi connectivity index (χ2v) is 14.5. The third-order valence-electron chi connectivity index (χ3n) is 10.4. The molecule has 0 saturated carbocycles. The Hall–Kier alpha value is -4.44. The van der Waals surface area contributed by atoms with Crippen molar-refractivity contribution >= 4 is 22.8 Å². The van der Waals surface area contributed by atoms with Gasteiger partial charge in [0.15, 0.2) is 0 Å². The minimum absolute atomic E-state index is 0.0562. The number of hydrogen-bond acceptors (Lipinski definition) is 6. The molecule has 3 atom stereocenters. The Bertz CT molecular complexity index is 1750. The summed E-state index contributed by atoms with van der Waals surface area (Å²) in [6.45, 7) is 10.9. The van der Waals surface area contributed by atoms with Crippen LogP contribution in [-0.2, 0) is 17.6 Å². The fourth-order valence-electron chi connectivity index (χ4n) is 7.87. The molecule has 9 nitrogen and oxygen atoms in total. The highest BCUT2D eigenvalue weighted by Crippen LogP contribution is 2.45. The van der Waals surface area contributed by atoms with E-state index in [0.29, 0.717) is 25.7 Å². The van der Waals surface area contributed by atoms with Crippen LogP contribution in [0.2, 0.25) is 0 Å².